The number of ether oxygens (including phenoxy) is 4. The molecule has 0 saturated heterocycles. The smallest absolute Gasteiger partial charge is 0.547 e. The van der Waals surface area contributed by atoms with Crippen LogP contribution in [0.4, 0.5) is 0 Å². The minimum Gasteiger partial charge on any atom is -0.547 e. The van der Waals surface area contributed by atoms with Gasteiger partial charge in [-0.3, -0.25) is 0 Å². The standard InChI is InChI=1S/4C11H20O4.Ti/c4*1-2-8-15-9-6-4-3-5-7-11(9,14)10(12)13;/h4*9,14H,2-8H2,1H3,(H,12,13);/q;;;;+4/p-4. The summed E-state index contributed by atoms with van der Waals surface area (Å²) in [7, 11) is 0. The van der Waals surface area contributed by atoms with E-state index in [1.807, 2.05) is 27.7 Å². The first-order chi connectivity index (χ1) is 28.4. The number of rotatable bonds is 16. The third-order valence-electron chi connectivity index (χ3n) is 11.7. The summed E-state index contributed by atoms with van der Waals surface area (Å²) >= 11 is 0. The Morgan fingerprint density at radius 1 is 0.393 bits per heavy atom. The third kappa shape index (κ3) is 19.1. The van der Waals surface area contributed by atoms with Crippen LogP contribution in [0, 0.1) is 0 Å². The number of carboxylic acids is 4. The van der Waals surface area contributed by atoms with Crippen LogP contribution in [0.25, 0.3) is 0 Å². The Morgan fingerprint density at radius 3 is 0.721 bits per heavy atom. The predicted molar refractivity (Wildman–Crippen MR) is 212 cm³/mol. The zero-order chi connectivity index (χ0) is 45.2. The van der Waals surface area contributed by atoms with Crippen LogP contribution >= 0.6 is 0 Å². The zero-order valence-corrected chi connectivity index (χ0v) is 38.9. The third-order valence-corrected chi connectivity index (χ3v) is 11.7. The quantitative estimate of drug-likeness (QED) is 0.124. The van der Waals surface area contributed by atoms with E-state index in [9.17, 15) is 60.0 Å². The summed E-state index contributed by atoms with van der Waals surface area (Å²) in [5, 5.41) is 84.0. The average Bonchev–Trinajstić information content (AvgIpc) is 3.71. The number of hydrogen-bond donors (Lipinski definition) is 4. The van der Waals surface area contributed by atoms with Crippen LogP contribution in [0.2, 0.25) is 0 Å². The Kier molecular flexibility index (Phi) is 30.3. The number of aliphatic hydroxyl groups is 4. The maximum absolute atomic E-state index is 11.0. The SMILES string of the molecule is CCCOC1CCCCCC1(O)C(=O)[O-].CCCOC1CCCCCC1(O)C(=O)[O-].CCCOC1CCCCCC1(O)C(=O)[O-].CCCOC1CCCCCC1(O)C(=O)[O-].[Ti+4]. The predicted octanol–water partition coefficient (Wildman–Crippen LogP) is 0.904. The van der Waals surface area contributed by atoms with Crippen molar-refractivity contribution in [2.24, 2.45) is 0 Å². The van der Waals surface area contributed by atoms with Gasteiger partial charge in [0.25, 0.3) is 0 Å². The zero-order valence-electron chi connectivity index (χ0n) is 37.3. The van der Waals surface area contributed by atoms with Gasteiger partial charge in [-0.05, 0) is 77.0 Å². The number of carbonyl (C=O) groups is 4. The molecule has 4 N–H and O–H groups in total. The van der Waals surface area contributed by atoms with Gasteiger partial charge in [-0.2, -0.15) is 0 Å². The molecule has 8 atom stereocenters. The summed E-state index contributed by atoms with van der Waals surface area (Å²) in [6.45, 7) is 9.76. The summed E-state index contributed by atoms with van der Waals surface area (Å²) in [5.41, 5.74) is -7.14. The Bertz CT molecular complexity index is 1060. The molecule has 0 aromatic heterocycles. The van der Waals surface area contributed by atoms with Gasteiger partial charge in [-0.25, -0.2) is 0 Å². The Balaban J connectivity index is 0.000000783. The molecule has 352 valence electrons. The van der Waals surface area contributed by atoms with E-state index < -0.39 is 70.7 Å². The molecule has 4 fully saturated rings. The van der Waals surface area contributed by atoms with Crippen molar-refractivity contribution < 1.29 is 101 Å². The van der Waals surface area contributed by atoms with Crippen molar-refractivity contribution in [1.29, 1.82) is 0 Å². The first-order valence-corrected chi connectivity index (χ1v) is 22.7. The molecule has 0 bridgehead atoms. The summed E-state index contributed by atoms with van der Waals surface area (Å²) < 4.78 is 21.7. The van der Waals surface area contributed by atoms with Gasteiger partial charge < -0.3 is 79.0 Å². The van der Waals surface area contributed by atoms with Crippen LogP contribution in [0.15, 0.2) is 0 Å². The molecule has 0 spiro atoms. The van der Waals surface area contributed by atoms with Gasteiger partial charge in [0.1, 0.15) is 22.4 Å². The van der Waals surface area contributed by atoms with E-state index in [4.69, 9.17) is 18.9 Å². The fourth-order valence-electron chi connectivity index (χ4n) is 8.06. The number of carboxylic acid groups (broad SMARTS) is 4. The van der Waals surface area contributed by atoms with Gasteiger partial charge in [0.15, 0.2) is 0 Å². The van der Waals surface area contributed by atoms with Crippen molar-refractivity contribution in [1.82, 2.24) is 0 Å². The van der Waals surface area contributed by atoms with E-state index in [1.165, 1.54) is 0 Å². The van der Waals surface area contributed by atoms with E-state index >= 15 is 0 Å². The Labute approximate surface area is 378 Å². The maximum Gasteiger partial charge on any atom is 4.00 e. The van der Waals surface area contributed by atoms with E-state index in [0.29, 0.717) is 52.1 Å². The molecule has 0 radical (unpaired) electrons. The van der Waals surface area contributed by atoms with Gasteiger partial charge in [0.2, 0.25) is 0 Å². The van der Waals surface area contributed by atoms with Crippen molar-refractivity contribution in [2.45, 2.75) is 229 Å². The van der Waals surface area contributed by atoms with E-state index in [0.717, 1.165) is 103 Å². The monoisotopic (exact) mass is 908 g/mol. The topological polar surface area (TPSA) is 278 Å². The van der Waals surface area contributed by atoms with Crippen LogP contribution in [0.5, 0.6) is 0 Å². The van der Waals surface area contributed by atoms with E-state index in [2.05, 4.69) is 0 Å². The van der Waals surface area contributed by atoms with Crippen LogP contribution in [0.3, 0.4) is 0 Å². The molecule has 16 nitrogen and oxygen atoms in total. The molecular formula is C44H76O16Ti. The van der Waals surface area contributed by atoms with Gasteiger partial charge >= 0.3 is 21.7 Å². The first-order valence-electron chi connectivity index (χ1n) is 22.7. The fourth-order valence-corrected chi connectivity index (χ4v) is 8.06. The molecule has 0 heterocycles. The molecule has 4 rings (SSSR count). The minimum absolute atomic E-state index is 0. The Morgan fingerprint density at radius 2 is 0.574 bits per heavy atom. The first kappa shape index (κ1) is 59.3. The van der Waals surface area contributed by atoms with Crippen molar-refractivity contribution in [3.05, 3.63) is 0 Å². The fraction of sp³-hybridized carbons (Fsp3) is 0.909. The van der Waals surface area contributed by atoms with Crippen LogP contribution < -0.4 is 20.4 Å². The maximum atomic E-state index is 11.0. The molecule has 61 heavy (non-hydrogen) atoms. The molecule has 8 unspecified atom stereocenters. The second-order valence-electron chi connectivity index (χ2n) is 16.7. The Hall–Kier alpha value is -1.73. The van der Waals surface area contributed by atoms with Crippen molar-refractivity contribution in [2.75, 3.05) is 26.4 Å². The molecule has 17 heteroatoms. The van der Waals surface area contributed by atoms with E-state index in [1.54, 1.807) is 0 Å². The molecule has 0 aromatic carbocycles. The molecular weight excluding hydrogens is 832 g/mol. The van der Waals surface area contributed by atoms with Crippen molar-refractivity contribution in [3.63, 3.8) is 0 Å². The number of hydrogen-bond acceptors (Lipinski definition) is 16. The average molecular weight is 909 g/mol. The normalized spacial score (nSPS) is 31.7. The number of carbonyl (C=O) groups excluding carboxylic acids is 4. The van der Waals surface area contributed by atoms with Gasteiger partial charge in [-0.1, -0.05) is 105 Å². The molecule has 0 aromatic rings. The summed E-state index contributed by atoms with van der Waals surface area (Å²) in [6.07, 6.45) is 14.5. The molecule has 0 amide bonds. The van der Waals surface area contributed by atoms with Gasteiger partial charge in [0.05, 0.1) is 48.3 Å². The van der Waals surface area contributed by atoms with Crippen LogP contribution in [-0.4, -0.2) is 118 Å². The van der Waals surface area contributed by atoms with E-state index in [-0.39, 0.29) is 47.4 Å². The summed E-state index contributed by atoms with van der Waals surface area (Å²) in [4.78, 5) is 43.8. The van der Waals surface area contributed by atoms with Crippen LogP contribution in [-0.2, 0) is 59.8 Å². The molecule has 4 aliphatic rings. The largest absolute Gasteiger partial charge is 4.00 e. The molecule has 4 aliphatic carbocycles. The van der Waals surface area contributed by atoms with Crippen molar-refractivity contribution in [3.8, 4) is 0 Å². The van der Waals surface area contributed by atoms with Gasteiger partial charge in [-0.15, -0.1) is 0 Å². The van der Waals surface area contributed by atoms with Crippen LogP contribution in [0.1, 0.15) is 182 Å². The second-order valence-corrected chi connectivity index (χ2v) is 16.7. The molecule has 4 saturated carbocycles. The number of aliphatic carboxylic acids is 4. The second kappa shape index (κ2) is 31.2. The van der Waals surface area contributed by atoms with Crippen molar-refractivity contribution >= 4 is 23.9 Å². The summed E-state index contributed by atoms with van der Waals surface area (Å²) in [5.74, 6) is -5.59. The minimum atomic E-state index is -1.79. The summed E-state index contributed by atoms with van der Waals surface area (Å²) in [6, 6.07) is 0. The molecule has 0 aliphatic heterocycles. The van der Waals surface area contributed by atoms with Gasteiger partial charge in [0, 0.05) is 26.4 Å².